The van der Waals surface area contributed by atoms with Gasteiger partial charge in [-0.15, -0.1) is 0 Å². The molecule has 1 aliphatic carbocycles. The van der Waals surface area contributed by atoms with Gasteiger partial charge >= 0.3 is 0 Å². The highest BCUT2D eigenvalue weighted by Crippen LogP contribution is 2.32. The van der Waals surface area contributed by atoms with Crippen LogP contribution in [0.25, 0.3) is 10.8 Å². The molecule has 1 aromatic heterocycles. The van der Waals surface area contributed by atoms with Gasteiger partial charge in [0.05, 0.1) is 24.7 Å². The van der Waals surface area contributed by atoms with Crippen LogP contribution < -0.4 is 10.3 Å². The van der Waals surface area contributed by atoms with Crippen LogP contribution in [0.15, 0.2) is 29.2 Å². The predicted octanol–water partition coefficient (Wildman–Crippen LogP) is 1.74. The zero-order chi connectivity index (χ0) is 11.1. The summed E-state index contributed by atoms with van der Waals surface area (Å²) in [5, 5.41) is 5.73. The molecule has 4 heteroatoms. The van der Waals surface area contributed by atoms with Gasteiger partial charge in [0, 0.05) is 5.39 Å². The Kier molecular flexibility index (Phi) is 1.96. The minimum absolute atomic E-state index is 0.0149. The minimum Gasteiger partial charge on any atom is -0.497 e. The zero-order valence-electron chi connectivity index (χ0n) is 9.01. The molecule has 0 aliphatic heterocycles. The number of hydrogen-bond donors (Lipinski definition) is 0. The van der Waals surface area contributed by atoms with E-state index in [1.807, 2.05) is 12.1 Å². The summed E-state index contributed by atoms with van der Waals surface area (Å²) in [6, 6.07) is 5.78. The van der Waals surface area contributed by atoms with Crippen molar-refractivity contribution in [2.75, 3.05) is 7.11 Å². The van der Waals surface area contributed by atoms with Crippen molar-refractivity contribution in [3.63, 3.8) is 0 Å². The smallest absolute Gasteiger partial charge is 0.275 e. The summed E-state index contributed by atoms with van der Waals surface area (Å²) >= 11 is 0. The Labute approximate surface area is 92.5 Å². The SMILES string of the molecule is COc1ccc2cnn(C3CC3)c(=O)c2c1. The number of ether oxygens (including phenoxy) is 1. The van der Waals surface area contributed by atoms with Gasteiger partial charge in [-0.3, -0.25) is 4.79 Å². The van der Waals surface area contributed by atoms with Crippen LogP contribution in [0.2, 0.25) is 0 Å². The van der Waals surface area contributed by atoms with Crippen LogP contribution in [-0.4, -0.2) is 16.9 Å². The van der Waals surface area contributed by atoms with E-state index in [4.69, 9.17) is 4.74 Å². The van der Waals surface area contributed by atoms with Crippen LogP contribution in [0.5, 0.6) is 5.75 Å². The molecule has 1 aliphatic rings. The molecule has 16 heavy (non-hydrogen) atoms. The number of nitrogens with zero attached hydrogens (tertiary/aromatic N) is 2. The van der Waals surface area contributed by atoms with Crippen molar-refractivity contribution in [3.8, 4) is 5.75 Å². The first-order valence-corrected chi connectivity index (χ1v) is 5.35. The maximum absolute atomic E-state index is 12.1. The van der Waals surface area contributed by atoms with Crippen LogP contribution in [0.3, 0.4) is 0 Å². The average molecular weight is 216 g/mol. The van der Waals surface area contributed by atoms with E-state index in [1.165, 1.54) is 0 Å². The Morgan fingerprint density at radius 2 is 2.25 bits per heavy atom. The average Bonchev–Trinajstić information content (AvgIpc) is 3.13. The highest BCUT2D eigenvalue weighted by atomic mass is 16.5. The maximum Gasteiger partial charge on any atom is 0.275 e. The summed E-state index contributed by atoms with van der Waals surface area (Å²) in [6.07, 6.45) is 3.86. The van der Waals surface area contributed by atoms with E-state index >= 15 is 0 Å². The highest BCUT2D eigenvalue weighted by molar-refractivity contribution is 5.82. The first-order chi connectivity index (χ1) is 7.79. The molecular formula is C12H12N2O2. The Morgan fingerprint density at radius 1 is 1.44 bits per heavy atom. The molecule has 1 heterocycles. The number of rotatable bonds is 2. The number of aromatic nitrogens is 2. The van der Waals surface area contributed by atoms with Gasteiger partial charge in [0.25, 0.3) is 5.56 Å². The van der Waals surface area contributed by atoms with Crippen molar-refractivity contribution in [2.45, 2.75) is 18.9 Å². The monoisotopic (exact) mass is 216 g/mol. The van der Waals surface area contributed by atoms with Crippen LogP contribution >= 0.6 is 0 Å². The van der Waals surface area contributed by atoms with Gasteiger partial charge < -0.3 is 4.74 Å². The minimum atomic E-state index is -0.0149. The van der Waals surface area contributed by atoms with Crippen molar-refractivity contribution in [2.24, 2.45) is 0 Å². The van der Waals surface area contributed by atoms with E-state index in [0.29, 0.717) is 17.2 Å². The summed E-state index contributed by atoms with van der Waals surface area (Å²) in [6.45, 7) is 0. The third-order valence-corrected chi connectivity index (χ3v) is 2.91. The third kappa shape index (κ3) is 1.38. The Bertz CT molecular complexity index is 599. The summed E-state index contributed by atoms with van der Waals surface area (Å²) in [7, 11) is 1.60. The first kappa shape index (κ1) is 9.39. The van der Waals surface area contributed by atoms with E-state index in [9.17, 15) is 4.79 Å². The second-order valence-electron chi connectivity index (χ2n) is 4.08. The predicted molar refractivity (Wildman–Crippen MR) is 60.8 cm³/mol. The van der Waals surface area contributed by atoms with Gasteiger partial charge in [0.15, 0.2) is 0 Å². The molecule has 82 valence electrons. The van der Waals surface area contributed by atoms with Gasteiger partial charge in [-0.1, -0.05) is 0 Å². The molecule has 0 bridgehead atoms. The van der Waals surface area contributed by atoms with E-state index in [-0.39, 0.29) is 5.56 Å². The third-order valence-electron chi connectivity index (χ3n) is 2.91. The quantitative estimate of drug-likeness (QED) is 0.768. The van der Waals surface area contributed by atoms with Crippen LogP contribution in [0.4, 0.5) is 0 Å². The van der Waals surface area contributed by atoms with Gasteiger partial charge in [-0.05, 0) is 31.0 Å². The Morgan fingerprint density at radius 3 is 2.94 bits per heavy atom. The molecule has 0 radical (unpaired) electrons. The standard InChI is InChI=1S/C12H12N2O2/c1-16-10-5-2-8-7-13-14(9-3-4-9)12(15)11(8)6-10/h2,5-7,9H,3-4H2,1H3. The van der Waals surface area contributed by atoms with Crippen LogP contribution in [-0.2, 0) is 0 Å². The van der Waals surface area contributed by atoms with E-state index in [1.54, 1.807) is 24.1 Å². The maximum atomic E-state index is 12.1. The second-order valence-corrected chi connectivity index (χ2v) is 4.08. The van der Waals surface area contributed by atoms with Crippen molar-refractivity contribution in [1.82, 2.24) is 9.78 Å². The lowest BCUT2D eigenvalue weighted by Crippen LogP contribution is -2.21. The molecule has 0 unspecified atom stereocenters. The van der Waals surface area contributed by atoms with E-state index in [2.05, 4.69) is 5.10 Å². The summed E-state index contributed by atoms with van der Waals surface area (Å²) < 4.78 is 6.71. The molecule has 2 aromatic rings. The van der Waals surface area contributed by atoms with Crippen molar-refractivity contribution < 1.29 is 4.74 Å². The molecule has 1 fully saturated rings. The topological polar surface area (TPSA) is 44.1 Å². The number of hydrogen-bond acceptors (Lipinski definition) is 3. The lowest BCUT2D eigenvalue weighted by atomic mass is 10.2. The highest BCUT2D eigenvalue weighted by Gasteiger charge is 2.26. The Balaban J connectivity index is 2.28. The van der Waals surface area contributed by atoms with Gasteiger partial charge in [0.1, 0.15) is 5.75 Å². The van der Waals surface area contributed by atoms with E-state index < -0.39 is 0 Å². The zero-order valence-corrected chi connectivity index (χ0v) is 9.01. The lowest BCUT2D eigenvalue weighted by molar-refractivity contribution is 0.415. The number of methoxy groups -OCH3 is 1. The van der Waals surface area contributed by atoms with Crippen molar-refractivity contribution >= 4 is 10.8 Å². The van der Waals surface area contributed by atoms with Crippen molar-refractivity contribution in [3.05, 3.63) is 34.7 Å². The molecule has 0 atom stereocenters. The number of fused-ring (bicyclic) bond motifs is 1. The summed E-state index contributed by atoms with van der Waals surface area (Å²) in [4.78, 5) is 12.1. The molecule has 3 rings (SSSR count). The molecule has 0 N–H and O–H groups in total. The van der Waals surface area contributed by atoms with Gasteiger partial charge in [-0.2, -0.15) is 5.10 Å². The fourth-order valence-corrected chi connectivity index (χ4v) is 1.84. The van der Waals surface area contributed by atoms with E-state index in [0.717, 1.165) is 18.2 Å². The molecule has 1 aromatic carbocycles. The Hall–Kier alpha value is -1.84. The van der Waals surface area contributed by atoms with Crippen LogP contribution in [0.1, 0.15) is 18.9 Å². The molecule has 4 nitrogen and oxygen atoms in total. The van der Waals surface area contributed by atoms with Gasteiger partial charge in [-0.25, -0.2) is 4.68 Å². The summed E-state index contributed by atoms with van der Waals surface area (Å²) in [5.74, 6) is 0.707. The fraction of sp³-hybridized carbons (Fsp3) is 0.333. The lowest BCUT2D eigenvalue weighted by Gasteiger charge is -2.05. The first-order valence-electron chi connectivity index (χ1n) is 5.35. The fourth-order valence-electron chi connectivity index (χ4n) is 1.84. The molecule has 0 saturated heterocycles. The normalized spacial score (nSPS) is 15.3. The molecular weight excluding hydrogens is 204 g/mol. The molecule has 1 saturated carbocycles. The largest absolute Gasteiger partial charge is 0.497 e. The molecule has 0 spiro atoms. The summed E-state index contributed by atoms with van der Waals surface area (Å²) in [5.41, 5.74) is -0.0149. The van der Waals surface area contributed by atoms with Crippen LogP contribution in [0, 0.1) is 0 Å². The second kappa shape index (κ2) is 3.33. The molecule has 0 amide bonds. The van der Waals surface area contributed by atoms with Gasteiger partial charge in [0.2, 0.25) is 0 Å². The number of benzene rings is 1. The van der Waals surface area contributed by atoms with Crippen molar-refractivity contribution in [1.29, 1.82) is 0 Å².